The number of hydrogen-bond acceptors (Lipinski definition) is 4. The van der Waals surface area contributed by atoms with Crippen molar-refractivity contribution in [1.82, 2.24) is 0 Å². The van der Waals surface area contributed by atoms with Crippen LogP contribution in [0.25, 0.3) is 0 Å². The summed E-state index contributed by atoms with van der Waals surface area (Å²) in [6, 6.07) is 9.93. The smallest absolute Gasteiger partial charge is 0.116 e. The predicted molar refractivity (Wildman–Crippen MR) is 74.8 cm³/mol. The van der Waals surface area contributed by atoms with Crippen molar-refractivity contribution in [3.05, 3.63) is 47.5 Å². The molecule has 2 N–H and O–H groups in total. The van der Waals surface area contributed by atoms with Gasteiger partial charge in [-0.05, 0) is 36.8 Å². The zero-order valence-corrected chi connectivity index (χ0v) is 10.5. The van der Waals surface area contributed by atoms with Crippen molar-refractivity contribution in [3.63, 3.8) is 0 Å². The maximum atomic E-state index is 9.33. The maximum absolute atomic E-state index is 9.33. The van der Waals surface area contributed by atoms with E-state index in [1.165, 1.54) is 12.1 Å². The number of aliphatic hydroxyl groups is 1. The number of hydrogen-bond donors (Lipinski definition) is 2. The molecule has 0 aliphatic heterocycles. The molecule has 0 aliphatic carbocycles. The van der Waals surface area contributed by atoms with E-state index in [9.17, 15) is 10.2 Å². The summed E-state index contributed by atoms with van der Waals surface area (Å²) in [5.74, 6) is 0.0895. The minimum absolute atomic E-state index is 0.0895. The van der Waals surface area contributed by atoms with Gasteiger partial charge in [-0.2, -0.15) is 10.2 Å². The van der Waals surface area contributed by atoms with E-state index in [4.69, 9.17) is 7.85 Å². The van der Waals surface area contributed by atoms with E-state index in [1.54, 1.807) is 18.2 Å². The van der Waals surface area contributed by atoms with Crippen LogP contribution in [-0.4, -0.2) is 18.1 Å². The summed E-state index contributed by atoms with van der Waals surface area (Å²) in [6.45, 7) is 1.69. The first kappa shape index (κ1) is 13.3. The second-order valence-corrected chi connectivity index (χ2v) is 4.22. The molecule has 2 radical (unpaired) electrons. The zero-order chi connectivity index (χ0) is 13.8. The fourth-order valence-corrected chi connectivity index (χ4v) is 1.69. The summed E-state index contributed by atoms with van der Waals surface area (Å²) in [4.78, 5) is 0. The van der Waals surface area contributed by atoms with Gasteiger partial charge in [0.1, 0.15) is 13.6 Å². The minimum Gasteiger partial charge on any atom is -0.508 e. The van der Waals surface area contributed by atoms with E-state index in [1.807, 2.05) is 13.0 Å². The molecule has 0 bridgehead atoms. The van der Waals surface area contributed by atoms with Crippen LogP contribution in [0.1, 0.15) is 11.1 Å². The number of aryl methyl sites for hydroxylation is 1. The van der Waals surface area contributed by atoms with Crippen molar-refractivity contribution in [2.75, 3.05) is 0 Å². The Morgan fingerprint density at radius 1 is 1.05 bits per heavy atom. The molecule has 0 spiro atoms. The van der Waals surface area contributed by atoms with Crippen LogP contribution in [0.3, 0.4) is 0 Å². The highest BCUT2D eigenvalue weighted by atomic mass is 16.3. The van der Waals surface area contributed by atoms with Crippen LogP contribution in [0.4, 0.5) is 11.4 Å². The van der Waals surface area contributed by atoms with Crippen LogP contribution < -0.4 is 5.46 Å². The zero-order valence-electron chi connectivity index (χ0n) is 10.5. The van der Waals surface area contributed by atoms with Gasteiger partial charge in [-0.3, -0.25) is 0 Å². The number of rotatable bonds is 3. The third kappa shape index (κ3) is 3.20. The van der Waals surface area contributed by atoms with E-state index in [2.05, 4.69) is 10.2 Å². The fraction of sp³-hybridized carbons (Fsp3) is 0.143. The molecule has 2 aromatic carbocycles. The van der Waals surface area contributed by atoms with E-state index in [0.29, 0.717) is 22.4 Å². The molecule has 0 saturated carbocycles. The minimum atomic E-state index is -0.205. The first-order chi connectivity index (χ1) is 9.10. The Kier molecular flexibility index (Phi) is 3.97. The Bertz CT molecular complexity index is 627. The first-order valence-electron chi connectivity index (χ1n) is 5.81. The number of phenols is 1. The monoisotopic (exact) mass is 252 g/mol. The molecule has 0 heterocycles. The van der Waals surface area contributed by atoms with Gasteiger partial charge in [0, 0.05) is 5.56 Å². The van der Waals surface area contributed by atoms with Gasteiger partial charge in [0.15, 0.2) is 0 Å². The number of benzene rings is 2. The predicted octanol–water partition coefficient (Wildman–Crippen LogP) is 2.40. The average molecular weight is 252 g/mol. The number of aliphatic hydroxyl groups excluding tert-OH is 1. The lowest BCUT2D eigenvalue weighted by Crippen LogP contribution is -2.00. The van der Waals surface area contributed by atoms with Crippen molar-refractivity contribution in [1.29, 1.82) is 0 Å². The highest BCUT2D eigenvalue weighted by Gasteiger charge is 2.02. The fourth-order valence-electron chi connectivity index (χ4n) is 1.69. The van der Waals surface area contributed by atoms with E-state index >= 15 is 0 Å². The number of phenolic OH excluding ortho intramolecular Hbond substituents is 1. The summed E-state index contributed by atoms with van der Waals surface area (Å²) in [5.41, 5.74) is 3.37. The Balaban J connectivity index is 2.32. The van der Waals surface area contributed by atoms with Crippen molar-refractivity contribution >= 4 is 24.7 Å². The van der Waals surface area contributed by atoms with Gasteiger partial charge in [0.05, 0.1) is 18.0 Å². The maximum Gasteiger partial charge on any atom is 0.116 e. The van der Waals surface area contributed by atoms with Crippen LogP contribution >= 0.6 is 0 Å². The highest BCUT2D eigenvalue weighted by Crippen LogP contribution is 2.26. The summed E-state index contributed by atoms with van der Waals surface area (Å²) >= 11 is 0. The topological polar surface area (TPSA) is 65.2 Å². The molecular weight excluding hydrogens is 239 g/mol. The Labute approximate surface area is 112 Å². The van der Waals surface area contributed by atoms with Gasteiger partial charge in [0.25, 0.3) is 0 Å². The van der Waals surface area contributed by atoms with Crippen molar-refractivity contribution in [2.24, 2.45) is 10.2 Å². The SMILES string of the molecule is [B]c1ccc(N=Nc2ccc(O)cc2CO)c(C)c1. The van der Waals surface area contributed by atoms with Crippen LogP contribution in [0.15, 0.2) is 46.6 Å². The van der Waals surface area contributed by atoms with Gasteiger partial charge in [0.2, 0.25) is 0 Å². The summed E-state index contributed by atoms with van der Waals surface area (Å²) < 4.78 is 0. The molecule has 0 aliphatic rings. The summed E-state index contributed by atoms with van der Waals surface area (Å²) in [6.07, 6.45) is 0. The number of aromatic hydroxyl groups is 1. The number of nitrogens with zero attached hydrogens (tertiary/aromatic N) is 2. The highest BCUT2D eigenvalue weighted by molar-refractivity contribution is 6.32. The lowest BCUT2D eigenvalue weighted by molar-refractivity contribution is 0.281. The van der Waals surface area contributed by atoms with Crippen LogP contribution in [-0.2, 0) is 6.61 Å². The Hall–Kier alpha value is -2.14. The third-order valence-electron chi connectivity index (χ3n) is 2.72. The molecule has 0 fully saturated rings. The molecule has 94 valence electrons. The van der Waals surface area contributed by atoms with E-state index in [-0.39, 0.29) is 12.4 Å². The average Bonchev–Trinajstić information content (AvgIpc) is 2.39. The normalized spacial score (nSPS) is 11.1. The molecule has 5 heteroatoms. The lowest BCUT2D eigenvalue weighted by atomic mass is 9.94. The largest absolute Gasteiger partial charge is 0.508 e. The van der Waals surface area contributed by atoms with Crippen LogP contribution in [0, 0.1) is 6.92 Å². The third-order valence-corrected chi connectivity index (χ3v) is 2.72. The van der Waals surface area contributed by atoms with E-state index in [0.717, 1.165) is 5.56 Å². The molecule has 4 nitrogen and oxygen atoms in total. The first-order valence-corrected chi connectivity index (χ1v) is 5.81. The molecule has 2 rings (SSSR count). The molecule has 0 amide bonds. The molecule has 0 saturated heterocycles. The molecular formula is C14H13BN2O2. The molecule has 0 unspecified atom stereocenters. The van der Waals surface area contributed by atoms with Crippen LogP contribution in [0.5, 0.6) is 5.75 Å². The molecule has 2 aromatic rings. The molecule has 0 aromatic heterocycles. The van der Waals surface area contributed by atoms with Crippen molar-refractivity contribution in [2.45, 2.75) is 13.5 Å². The summed E-state index contributed by atoms with van der Waals surface area (Å²) in [5, 5.41) is 26.8. The Morgan fingerprint density at radius 2 is 1.74 bits per heavy atom. The second kappa shape index (κ2) is 5.67. The van der Waals surface area contributed by atoms with Crippen molar-refractivity contribution in [3.8, 4) is 5.75 Å². The second-order valence-electron chi connectivity index (χ2n) is 4.22. The molecule has 19 heavy (non-hydrogen) atoms. The van der Waals surface area contributed by atoms with Gasteiger partial charge in [-0.1, -0.05) is 17.6 Å². The van der Waals surface area contributed by atoms with Gasteiger partial charge >= 0.3 is 0 Å². The quantitative estimate of drug-likeness (QED) is 0.650. The van der Waals surface area contributed by atoms with Gasteiger partial charge in [-0.25, -0.2) is 0 Å². The lowest BCUT2D eigenvalue weighted by Gasteiger charge is -2.03. The van der Waals surface area contributed by atoms with Gasteiger partial charge in [-0.15, -0.1) is 0 Å². The van der Waals surface area contributed by atoms with E-state index < -0.39 is 0 Å². The molecule has 0 atom stereocenters. The standard InChI is InChI=1S/C14H13BN2O2/c1-9-6-11(15)2-4-13(9)16-17-14-5-3-12(19)7-10(14)8-18/h2-7,18-19H,8H2,1H3. The van der Waals surface area contributed by atoms with Crippen LogP contribution in [0.2, 0.25) is 0 Å². The summed E-state index contributed by atoms with van der Waals surface area (Å²) in [7, 11) is 5.66. The van der Waals surface area contributed by atoms with Crippen molar-refractivity contribution < 1.29 is 10.2 Å². The Morgan fingerprint density at radius 3 is 2.42 bits per heavy atom. The van der Waals surface area contributed by atoms with Gasteiger partial charge < -0.3 is 10.2 Å². The number of azo groups is 1.